The second kappa shape index (κ2) is 2.92. The van der Waals surface area contributed by atoms with Crippen LogP contribution in [0.2, 0.25) is 0 Å². The Morgan fingerprint density at radius 2 is 2.25 bits per heavy atom. The monoisotopic (exact) mass is 266 g/mol. The molecule has 0 spiro atoms. The van der Waals surface area contributed by atoms with E-state index < -0.39 is 33.0 Å². The van der Waals surface area contributed by atoms with Crippen molar-refractivity contribution >= 4 is 28.7 Å². The first-order chi connectivity index (χ1) is 7.44. The molecule has 5 atom stereocenters. The summed E-state index contributed by atoms with van der Waals surface area (Å²) in [6.07, 6.45) is -1.75. The van der Waals surface area contributed by atoms with Crippen molar-refractivity contribution in [2.45, 2.75) is 34.7 Å². The van der Waals surface area contributed by atoms with Gasteiger partial charge in [-0.2, -0.15) is 21.0 Å². The summed E-state index contributed by atoms with van der Waals surface area (Å²) in [5.41, 5.74) is 0. The quantitative estimate of drug-likeness (QED) is 0.376. The van der Waals surface area contributed by atoms with Crippen LogP contribution in [-0.2, 0) is 28.6 Å². The Kier molecular flexibility index (Phi) is 1.98. The van der Waals surface area contributed by atoms with Gasteiger partial charge in [0, 0.05) is 6.42 Å². The van der Waals surface area contributed by atoms with E-state index in [4.69, 9.17) is 8.92 Å². The number of carbonyl (C=O) groups excluding carboxylic acids is 1. The van der Waals surface area contributed by atoms with Gasteiger partial charge in [-0.3, -0.25) is 8.98 Å². The molecule has 6 nitrogen and oxygen atoms in total. The molecule has 0 saturated carbocycles. The van der Waals surface area contributed by atoms with Crippen LogP contribution < -0.4 is 0 Å². The molecular formula is C8H10O6S2. The number of ether oxygens (including phenoxy) is 2. The van der Waals surface area contributed by atoms with Gasteiger partial charge in [-0.15, -0.1) is 0 Å². The van der Waals surface area contributed by atoms with Gasteiger partial charge in [0.25, 0.3) is 10.1 Å². The van der Waals surface area contributed by atoms with Gasteiger partial charge in [-0.25, -0.2) is 0 Å². The van der Waals surface area contributed by atoms with E-state index in [1.807, 2.05) is 0 Å². The van der Waals surface area contributed by atoms with E-state index in [9.17, 15) is 13.2 Å². The first kappa shape index (κ1) is 10.8. The van der Waals surface area contributed by atoms with Crippen LogP contribution in [0.4, 0.5) is 0 Å². The highest BCUT2D eigenvalue weighted by Crippen LogP contribution is 2.55. The van der Waals surface area contributed by atoms with Gasteiger partial charge in [-0.05, 0) is 0 Å². The van der Waals surface area contributed by atoms with E-state index in [1.54, 1.807) is 0 Å². The second-order valence-electron chi connectivity index (χ2n) is 4.19. The van der Waals surface area contributed by atoms with Gasteiger partial charge in [0.15, 0.2) is 0 Å². The molecule has 0 aliphatic carbocycles. The maximum absolute atomic E-state index is 11.9. The van der Waals surface area contributed by atoms with Gasteiger partial charge < -0.3 is 9.47 Å². The Morgan fingerprint density at radius 1 is 1.56 bits per heavy atom. The number of thiol groups is 1. The summed E-state index contributed by atoms with van der Waals surface area (Å²) in [4.78, 5) is 11.7. The van der Waals surface area contributed by atoms with Crippen molar-refractivity contribution in [1.29, 1.82) is 0 Å². The Bertz CT molecular complexity index is 459. The Labute approximate surface area is 97.8 Å². The number of esters is 1. The number of hydrogen-bond donors (Lipinski definition) is 1. The minimum Gasteiger partial charge on any atom is -0.468 e. The highest BCUT2D eigenvalue weighted by molar-refractivity contribution is 7.89. The van der Waals surface area contributed by atoms with Crippen molar-refractivity contribution in [2.75, 3.05) is 7.11 Å². The van der Waals surface area contributed by atoms with Crippen LogP contribution in [0.15, 0.2) is 0 Å². The summed E-state index contributed by atoms with van der Waals surface area (Å²) in [7, 11) is -2.83. The molecule has 3 fully saturated rings. The van der Waals surface area contributed by atoms with Crippen molar-refractivity contribution in [3.8, 4) is 0 Å². The summed E-state index contributed by atoms with van der Waals surface area (Å²) in [5, 5.41) is -0.306. The number of rotatable bonds is 1. The molecule has 0 aromatic rings. The van der Waals surface area contributed by atoms with Crippen LogP contribution in [0.25, 0.3) is 0 Å². The Hall–Kier alpha value is -0.310. The SMILES string of the molecule is COC(=O)C12CC3OC1C(OS2(=O)=O)C3S. The van der Waals surface area contributed by atoms with Crippen LogP contribution in [0.5, 0.6) is 0 Å². The van der Waals surface area contributed by atoms with Gasteiger partial charge in [0.05, 0.1) is 18.5 Å². The molecule has 3 aliphatic heterocycles. The zero-order valence-corrected chi connectivity index (χ0v) is 10.0. The fourth-order valence-electron chi connectivity index (χ4n) is 2.75. The van der Waals surface area contributed by atoms with Gasteiger partial charge >= 0.3 is 5.97 Å². The van der Waals surface area contributed by atoms with Gasteiger partial charge in [-0.1, -0.05) is 0 Å². The predicted octanol–water partition coefficient (Wildman–Crippen LogP) is -0.904. The third kappa shape index (κ3) is 0.930. The highest BCUT2D eigenvalue weighted by Gasteiger charge is 2.78. The minimum atomic E-state index is -3.99. The van der Waals surface area contributed by atoms with Crippen molar-refractivity contribution < 1.29 is 26.9 Å². The van der Waals surface area contributed by atoms with E-state index in [-0.39, 0.29) is 17.8 Å². The Morgan fingerprint density at radius 3 is 2.81 bits per heavy atom. The summed E-state index contributed by atoms with van der Waals surface area (Å²) in [5.74, 6) is -0.803. The second-order valence-corrected chi connectivity index (χ2v) is 6.61. The molecule has 3 rings (SSSR count). The number of fused-ring (bicyclic) bond motifs is 1. The molecule has 2 bridgehead atoms. The van der Waals surface area contributed by atoms with Crippen LogP contribution in [0, 0.1) is 0 Å². The molecule has 0 aromatic carbocycles. The molecule has 0 radical (unpaired) electrons. The third-order valence-electron chi connectivity index (χ3n) is 3.52. The normalized spacial score (nSPS) is 51.9. The van der Waals surface area contributed by atoms with Crippen LogP contribution in [0.1, 0.15) is 6.42 Å². The molecule has 3 heterocycles. The summed E-state index contributed by atoms with van der Waals surface area (Å²) >= 11 is 4.25. The van der Waals surface area contributed by atoms with E-state index >= 15 is 0 Å². The minimum absolute atomic E-state index is 0.0668. The smallest absolute Gasteiger partial charge is 0.332 e. The molecule has 0 aromatic heterocycles. The van der Waals surface area contributed by atoms with Crippen molar-refractivity contribution in [1.82, 2.24) is 0 Å². The van der Waals surface area contributed by atoms with Crippen LogP contribution >= 0.6 is 12.6 Å². The molecule has 5 unspecified atom stereocenters. The topological polar surface area (TPSA) is 78.9 Å². The molecule has 3 aliphatic rings. The van der Waals surface area contributed by atoms with Crippen molar-refractivity contribution in [3.63, 3.8) is 0 Å². The fourth-order valence-corrected chi connectivity index (χ4v) is 5.04. The van der Waals surface area contributed by atoms with E-state index in [2.05, 4.69) is 17.4 Å². The third-order valence-corrected chi connectivity index (χ3v) is 6.08. The standard InChI is InChI=1S/C8H10O6S2/c1-12-7(9)8-2-3-5(15)4(6(8)13-3)14-16(8,10)11/h3-6,15H,2H2,1H3. The first-order valence-corrected chi connectivity index (χ1v) is 6.71. The molecule has 3 saturated heterocycles. The van der Waals surface area contributed by atoms with Crippen LogP contribution in [0.3, 0.4) is 0 Å². The highest BCUT2D eigenvalue weighted by atomic mass is 32.2. The lowest BCUT2D eigenvalue weighted by Gasteiger charge is -2.24. The summed E-state index contributed by atoms with van der Waals surface area (Å²) in [6.45, 7) is 0. The maximum Gasteiger partial charge on any atom is 0.332 e. The zero-order chi connectivity index (χ0) is 11.7. The number of hydrogen-bond acceptors (Lipinski definition) is 7. The van der Waals surface area contributed by atoms with E-state index in [0.717, 1.165) is 7.11 Å². The van der Waals surface area contributed by atoms with E-state index in [1.165, 1.54) is 0 Å². The molecule has 0 amide bonds. The number of carbonyl (C=O) groups is 1. The lowest BCUT2D eigenvalue weighted by atomic mass is 9.86. The fraction of sp³-hybridized carbons (Fsp3) is 0.875. The lowest BCUT2D eigenvalue weighted by Crippen LogP contribution is -2.53. The molecule has 16 heavy (non-hydrogen) atoms. The van der Waals surface area contributed by atoms with Crippen LogP contribution in [-0.4, -0.2) is 49.8 Å². The van der Waals surface area contributed by atoms with Gasteiger partial charge in [0.1, 0.15) is 12.2 Å². The maximum atomic E-state index is 11.9. The summed E-state index contributed by atoms with van der Waals surface area (Å²) in [6, 6.07) is 0. The average molecular weight is 266 g/mol. The molecule has 0 N–H and O–H groups in total. The predicted molar refractivity (Wildman–Crippen MR) is 54.6 cm³/mol. The molecular weight excluding hydrogens is 256 g/mol. The first-order valence-electron chi connectivity index (χ1n) is 4.79. The zero-order valence-electron chi connectivity index (χ0n) is 8.32. The van der Waals surface area contributed by atoms with Crippen molar-refractivity contribution in [3.05, 3.63) is 0 Å². The Balaban J connectivity index is 2.16. The molecule has 90 valence electrons. The van der Waals surface area contributed by atoms with E-state index in [0.29, 0.717) is 0 Å². The average Bonchev–Trinajstić information content (AvgIpc) is 2.79. The molecule has 8 heteroatoms. The number of methoxy groups -OCH3 is 1. The lowest BCUT2D eigenvalue weighted by molar-refractivity contribution is -0.145. The largest absolute Gasteiger partial charge is 0.468 e. The van der Waals surface area contributed by atoms with Crippen molar-refractivity contribution in [2.24, 2.45) is 0 Å². The van der Waals surface area contributed by atoms with Gasteiger partial charge in [0.2, 0.25) is 4.75 Å². The summed E-state index contributed by atoms with van der Waals surface area (Å²) < 4.78 is 37.1.